The maximum Gasteiger partial charge on any atom is 0.406 e. The summed E-state index contributed by atoms with van der Waals surface area (Å²) in [6.07, 6.45) is -4.42. The van der Waals surface area contributed by atoms with Crippen LogP contribution in [-0.4, -0.2) is 63.2 Å². The van der Waals surface area contributed by atoms with Gasteiger partial charge in [-0.15, -0.1) is 0 Å². The molecule has 0 saturated heterocycles. The van der Waals surface area contributed by atoms with Gasteiger partial charge in [0.15, 0.2) is 5.11 Å². The normalized spacial score (nSPS) is 12.3. The number of hydrogen-bond donors (Lipinski definition) is 2. The maximum absolute atomic E-state index is 12.8. The van der Waals surface area contributed by atoms with Crippen LogP contribution >= 0.6 is 12.2 Å². The topological polar surface area (TPSA) is 78.7 Å². The molecule has 0 bridgehead atoms. The fourth-order valence-corrected chi connectivity index (χ4v) is 2.67. The van der Waals surface area contributed by atoms with Gasteiger partial charge in [-0.3, -0.25) is 0 Å². The first-order chi connectivity index (χ1) is 11.4. The van der Waals surface area contributed by atoms with E-state index in [9.17, 15) is 21.6 Å². The zero-order chi connectivity index (χ0) is 19.3. The molecule has 0 fully saturated rings. The molecule has 3 N–H and O–H groups in total. The Hall–Kier alpha value is -1.43. The van der Waals surface area contributed by atoms with Crippen LogP contribution < -0.4 is 10.5 Å². The molecule has 0 heterocycles. The molecule has 0 aromatic heterocycles. The van der Waals surface area contributed by atoms with Crippen LogP contribution in [0.25, 0.3) is 0 Å². The number of benzene rings is 1. The zero-order valence-electron chi connectivity index (χ0n) is 13.9. The molecular weight excluding hydrogens is 377 g/mol. The van der Waals surface area contributed by atoms with Crippen molar-refractivity contribution in [1.82, 2.24) is 15.1 Å². The third-order valence-electron chi connectivity index (χ3n) is 3.12. The van der Waals surface area contributed by atoms with Crippen molar-refractivity contribution in [2.75, 3.05) is 33.7 Å². The van der Waals surface area contributed by atoms with Gasteiger partial charge in [-0.2, -0.15) is 13.2 Å². The third kappa shape index (κ3) is 8.47. The highest BCUT2D eigenvalue weighted by Gasteiger charge is 2.32. The molecule has 1 rings (SSSR count). The Balaban J connectivity index is 2.84. The second-order valence-corrected chi connectivity index (χ2v) is 7.64. The lowest BCUT2D eigenvalue weighted by atomic mass is 10.2. The lowest BCUT2D eigenvalue weighted by Crippen LogP contribution is -2.45. The lowest BCUT2D eigenvalue weighted by molar-refractivity contribution is -0.138. The minimum absolute atomic E-state index is 0.0188. The van der Waals surface area contributed by atoms with E-state index in [4.69, 9.17) is 17.4 Å². The number of nitrogens with zero attached hydrogens (tertiary/aromatic N) is 2. The predicted octanol–water partition coefficient (Wildman–Crippen LogP) is 1.13. The van der Waals surface area contributed by atoms with Crippen LogP contribution in [0.1, 0.15) is 5.56 Å². The van der Waals surface area contributed by atoms with Gasteiger partial charge >= 0.3 is 6.18 Å². The van der Waals surface area contributed by atoms with Crippen molar-refractivity contribution >= 4 is 27.4 Å². The van der Waals surface area contributed by atoms with Crippen molar-refractivity contribution in [3.8, 4) is 0 Å². The van der Waals surface area contributed by atoms with E-state index in [-0.39, 0.29) is 16.6 Å². The van der Waals surface area contributed by atoms with Gasteiger partial charge < -0.3 is 15.1 Å². The fraction of sp³-hybridized carbons (Fsp3) is 0.500. The number of nitrogens with two attached hydrogens (primary N) is 1. The first kappa shape index (κ1) is 21.6. The van der Waals surface area contributed by atoms with E-state index in [1.807, 2.05) is 19.0 Å². The molecule has 0 aliphatic rings. The number of primary sulfonamides is 1. The van der Waals surface area contributed by atoms with Crippen molar-refractivity contribution in [1.29, 1.82) is 0 Å². The van der Waals surface area contributed by atoms with Crippen LogP contribution in [0, 0.1) is 0 Å². The van der Waals surface area contributed by atoms with E-state index in [0.717, 1.165) is 4.90 Å². The fourth-order valence-electron chi connectivity index (χ4n) is 1.92. The number of alkyl halides is 3. The monoisotopic (exact) mass is 398 g/mol. The summed E-state index contributed by atoms with van der Waals surface area (Å²) in [4.78, 5) is 2.75. The lowest BCUT2D eigenvalue weighted by Gasteiger charge is -2.27. The van der Waals surface area contributed by atoms with E-state index in [2.05, 4.69) is 5.32 Å². The van der Waals surface area contributed by atoms with Crippen molar-refractivity contribution in [3.63, 3.8) is 0 Å². The Morgan fingerprint density at radius 2 is 1.80 bits per heavy atom. The van der Waals surface area contributed by atoms with E-state index < -0.39 is 22.7 Å². The van der Waals surface area contributed by atoms with E-state index in [0.29, 0.717) is 18.7 Å². The minimum atomic E-state index is -4.42. The summed E-state index contributed by atoms with van der Waals surface area (Å²) < 4.78 is 60.9. The van der Waals surface area contributed by atoms with Gasteiger partial charge in [0.25, 0.3) is 0 Å². The van der Waals surface area contributed by atoms with Crippen molar-refractivity contribution in [2.45, 2.75) is 17.6 Å². The molecule has 1 aromatic carbocycles. The van der Waals surface area contributed by atoms with Crippen molar-refractivity contribution in [3.05, 3.63) is 29.8 Å². The number of nitrogens with one attached hydrogen (secondary N) is 1. The zero-order valence-corrected chi connectivity index (χ0v) is 15.5. The Kier molecular flexibility index (Phi) is 7.60. The molecule has 0 saturated carbocycles. The summed E-state index contributed by atoms with van der Waals surface area (Å²) in [5, 5.41) is 7.77. The van der Waals surface area contributed by atoms with Crippen LogP contribution in [0.5, 0.6) is 0 Å². The number of rotatable bonds is 7. The molecule has 11 heteroatoms. The summed E-state index contributed by atoms with van der Waals surface area (Å²) in [6.45, 7) is -0.302. The minimum Gasteiger partial charge on any atom is -0.361 e. The summed E-state index contributed by atoms with van der Waals surface area (Å²) in [5.74, 6) is 0. The Bertz CT molecular complexity index is 676. The van der Waals surface area contributed by atoms with E-state index in [1.54, 1.807) is 0 Å². The van der Waals surface area contributed by atoms with Gasteiger partial charge in [-0.25, -0.2) is 13.6 Å². The molecule has 0 atom stereocenters. The first-order valence-electron chi connectivity index (χ1n) is 7.24. The van der Waals surface area contributed by atoms with Gasteiger partial charge in [0, 0.05) is 19.6 Å². The Morgan fingerprint density at radius 1 is 1.24 bits per heavy atom. The van der Waals surface area contributed by atoms with Gasteiger partial charge in [-0.1, -0.05) is 12.1 Å². The van der Waals surface area contributed by atoms with Gasteiger partial charge in [0.1, 0.15) is 6.54 Å². The summed E-state index contributed by atoms with van der Waals surface area (Å²) >= 11 is 5.06. The average molecular weight is 398 g/mol. The highest BCUT2D eigenvalue weighted by molar-refractivity contribution is 7.89. The van der Waals surface area contributed by atoms with Crippen LogP contribution in [0.4, 0.5) is 13.2 Å². The first-order valence-corrected chi connectivity index (χ1v) is 9.20. The van der Waals surface area contributed by atoms with Crippen LogP contribution in [-0.2, 0) is 16.6 Å². The van der Waals surface area contributed by atoms with Crippen LogP contribution in [0.2, 0.25) is 0 Å². The highest BCUT2D eigenvalue weighted by atomic mass is 32.2. The average Bonchev–Trinajstić information content (AvgIpc) is 2.44. The summed E-state index contributed by atoms with van der Waals surface area (Å²) in [7, 11) is -0.173. The molecule has 6 nitrogen and oxygen atoms in total. The Morgan fingerprint density at radius 3 is 2.24 bits per heavy atom. The van der Waals surface area contributed by atoms with E-state index in [1.165, 1.54) is 24.3 Å². The van der Waals surface area contributed by atoms with Crippen molar-refractivity contribution < 1.29 is 21.6 Å². The molecular formula is C14H21F3N4O2S2. The highest BCUT2D eigenvalue weighted by Crippen LogP contribution is 2.19. The quantitative estimate of drug-likeness (QED) is 0.671. The SMILES string of the molecule is CN(C)CCNC(=S)N(Cc1ccc(S(N)(=O)=O)cc1)CC(F)(F)F. The summed E-state index contributed by atoms with van der Waals surface area (Å²) in [6, 6.07) is 5.31. The van der Waals surface area contributed by atoms with E-state index >= 15 is 0 Å². The van der Waals surface area contributed by atoms with Gasteiger partial charge in [0.2, 0.25) is 10.0 Å². The third-order valence-corrected chi connectivity index (χ3v) is 4.45. The smallest absolute Gasteiger partial charge is 0.361 e. The van der Waals surface area contributed by atoms with Gasteiger partial charge in [0.05, 0.1) is 4.90 Å². The number of hydrogen-bond acceptors (Lipinski definition) is 4. The number of sulfonamides is 1. The standard InChI is InChI=1S/C14H21F3N4O2S2/c1-20(2)8-7-19-13(24)21(10-14(15,16)17)9-11-3-5-12(6-4-11)25(18,22)23/h3-6H,7-10H2,1-2H3,(H,19,24)(H2,18,22,23). The van der Waals surface area contributed by atoms with Crippen molar-refractivity contribution in [2.24, 2.45) is 5.14 Å². The second-order valence-electron chi connectivity index (χ2n) is 5.70. The largest absolute Gasteiger partial charge is 0.406 e. The molecule has 0 aliphatic carbocycles. The molecule has 0 unspecified atom stereocenters. The molecule has 0 spiro atoms. The second kappa shape index (κ2) is 8.79. The van der Waals surface area contributed by atoms with Crippen LogP contribution in [0.15, 0.2) is 29.2 Å². The van der Waals surface area contributed by atoms with Crippen LogP contribution in [0.3, 0.4) is 0 Å². The molecule has 142 valence electrons. The molecule has 0 aliphatic heterocycles. The number of halogens is 3. The van der Waals surface area contributed by atoms with Gasteiger partial charge in [-0.05, 0) is 44.0 Å². The summed E-state index contributed by atoms with van der Waals surface area (Å²) in [5.41, 5.74) is 0.480. The molecule has 0 radical (unpaired) electrons. The predicted molar refractivity (Wildman–Crippen MR) is 93.4 cm³/mol. The molecule has 1 aromatic rings. The number of likely N-dealkylation sites (N-methyl/N-ethyl adjacent to an activating group) is 1. The maximum atomic E-state index is 12.8. The molecule has 0 amide bonds. The Labute approximate surface area is 150 Å². The number of thiocarbonyl (C=S) groups is 1. The molecule has 25 heavy (non-hydrogen) atoms.